The second kappa shape index (κ2) is 8.05. The van der Waals surface area contributed by atoms with Crippen LogP contribution in [0.3, 0.4) is 0 Å². The first-order valence-corrected chi connectivity index (χ1v) is 6.41. The van der Waals surface area contributed by atoms with Gasteiger partial charge in [-0.1, -0.05) is 6.92 Å². The fourth-order valence-corrected chi connectivity index (χ4v) is 2.00. The summed E-state index contributed by atoms with van der Waals surface area (Å²) in [6.07, 6.45) is 2.07. The van der Waals surface area contributed by atoms with Crippen LogP contribution in [0.1, 0.15) is 19.8 Å². The molecule has 0 spiro atoms. The molecule has 1 unspecified atom stereocenters. The Kier molecular flexibility index (Phi) is 6.67. The zero-order valence-electron chi connectivity index (χ0n) is 10.9. The molecular formula is C12H22N2O4. The quantitative estimate of drug-likeness (QED) is 0.508. The molecule has 6 heteroatoms. The van der Waals surface area contributed by atoms with E-state index in [0.29, 0.717) is 25.6 Å². The zero-order valence-corrected chi connectivity index (χ0v) is 10.9. The average Bonchev–Trinajstić information content (AvgIpc) is 2.37. The van der Waals surface area contributed by atoms with Crippen molar-refractivity contribution < 1.29 is 19.4 Å². The van der Waals surface area contributed by atoms with Gasteiger partial charge in [-0.2, -0.15) is 0 Å². The van der Waals surface area contributed by atoms with E-state index in [1.165, 1.54) is 0 Å². The Balaban J connectivity index is 2.21. The topological polar surface area (TPSA) is 78.9 Å². The van der Waals surface area contributed by atoms with Crippen LogP contribution in [-0.2, 0) is 14.3 Å². The molecule has 1 aliphatic heterocycles. The summed E-state index contributed by atoms with van der Waals surface area (Å²) in [4.78, 5) is 25.0. The molecule has 0 aromatic rings. The molecule has 0 saturated carbocycles. The van der Waals surface area contributed by atoms with E-state index in [1.54, 1.807) is 4.90 Å². The lowest BCUT2D eigenvalue weighted by molar-refractivity contribution is -0.147. The molecule has 0 aromatic heterocycles. The first-order chi connectivity index (χ1) is 8.65. The summed E-state index contributed by atoms with van der Waals surface area (Å²) in [6, 6.07) is 0. The number of hydrogen-bond donors (Lipinski definition) is 2. The van der Waals surface area contributed by atoms with E-state index < -0.39 is 11.8 Å². The largest absolute Gasteiger partial charge is 0.394 e. The van der Waals surface area contributed by atoms with Gasteiger partial charge in [0.25, 0.3) is 0 Å². The van der Waals surface area contributed by atoms with Gasteiger partial charge < -0.3 is 20.1 Å². The van der Waals surface area contributed by atoms with Crippen molar-refractivity contribution in [3.63, 3.8) is 0 Å². The first-order valence-electron chi connectivity index (χ1n) is 6.41. The molecule has 1 heterocycles. The van der Waals surface area contributed by atoms with Crippen molar-refractivity contribution in [1.82, 2.24) is 10.2 Å². The van der Waals surface area contributed by atoms with Gasteiger partial charge in [0.2, 0.25) is 0 Å². The second-order valence-electron chi connectivity index (χ2n) is 4.59. The number of amides is 2. The molecule has 1 saturated heterocycles. The van der Waals surface area contributed by atoms with E-state index in [0.717, 1.165) is 12.8 Å². The Bertz CT molecular complexity index is 283. The number of nitrogens with one attached hydrogen (secondary N) is 1. The second-order valence-corrected chi connectivity index (χ2v) is 4.59. The Labute approximate surface area is 107 Å². The SMILES string of the molecule is CC1CCCN(C(=O)C(=O)NCCOCCO)C1. The Hall–Kier alpha value is -1.14. The number of likely N-dealkylation sites (tertiary alicyclic amines) is 1. The number of nitrogens with zero attached hydrogens (tertiary/aromatic N) is 1. The van der Waals surface area contributed by atoms with E-state index in [9.17, 15) is 9.59 Å². The molecule has 1 aliphatic rings. The number of ether oxygens (including phenoxy) is 1. The van der Waals surface area contributed by atoms with Gasteiger partial charge in [-0.3, -0.25) is 9.59 Å². The van der Waals surface area contributed by atoms with Gasteiger partial charge in [0, 0.05) is 19.6 Å². The number of aliphatic hydroxyl groups is 1. The summed E-state index contributed by atoms with van der Waals surface area (Å²) in [5.74, 6) is -0.566. The number of aliphatic hydroxyl groups excluding tert-OH is 1. The fraction of sp³-hybridized carbons (Fsp3) is 0.833. The smallest absolute Gasteiger partial charge is 0.311 e. The average molecular weight is 258 g/mol. The van der Waals surface area contributed by atoms with Gasteiger partial charge in [-0.15, -0.1) is 0 Å². The minimum atomic E-state index is -0.573. The molecule has 1 fully saturated rings. The maximum atomic E-state index is 11.8. The Morgan fingerprint density at radius 1 is 1.44 bits per heavy atom. The Morgan fingerprint density at radius 3 is 2.89 bits per heavy atom. The first kappa shape index (κ1) is 14.9. The van der Waals surface area contributed by atoms with Crippen LogP contribution < -0.4 is 5.32 Å². The van der Waals surface area contributed by atoms with E-state index in [1.807, 2.05) is 0 Å². The van der Waals surface area contributed by atoms with Gasteiger partial charge >= 0.3 is 11.8 Å². The molecule has 104 valence electrons. The van der Waals surface area contributed by atoms with Crippen molar-refractivity contribution in [1.29, 1.82) is 0 Å². The summed E-state index contributed by atoms with van der Waals surface area (Å²) in [7, 11) is 0. The van der Waals surface area contributed by atoms with Gasteiger partial charge in [-0.05, 0) is 18.8 Å². The number of piperidine rings is 1. The number of carbonyl (C=O) groups excluding carboxylic acids is 2. The maximum absolute atomic E-state index is 11.8. The molecule has 0 bridgehead atoms. The predicted molar refractivity (Wildman–Crippen MR) is 65.9 cm³/mol. The lowest BCUT2D eigenvalue weighted by Gasteiger charge is -2.30. The van der Waals surface area contributed by atoms with E-state index in [4.69, 9.17) is 9.84 Å². The standard InChI is InChI=1S/C12H22N2O4/c1-10-3-2-5-14(9-10)12(17)11(16)13-4-7-18-8-6-15/h10,15H,2-9H2,1H3,(H,13,16). The molecule has 2 N–H and O–H groups in total. The van der Waals surface area contributed by atoms with Crippen molar-refractivity contribution in [2.24, 2.45) is 5.92 Å². The summed E-state index contributed by atoms with van der Waals surface area (Å²) >= 11 is 0. The van der Waals surface area contributed by atoms with Gasteiger partial charge in [0.1, 0.15) is 0 Å². The van der Waals surface area contributed by atoms with E-state index in [2.05, 4.69) is 12.2 Å². The number of rotatable bonds is 5. The Morgan fingerprint density at radius 2 is 2.22 bits per heavy atom. The molecule has 0 aliphatic carbocycles. The van der Waals surface area contributed by atoms with Crippen molar-refractivity contribution in [2.45, 2.75) is 19.8 Å². The molecule has 2 amide bonds. The van der Waals surface area contributed by atoms with Crippen LogP contribution in [0.15, 0.2) is 0 Å². The zero-order chi connectivity index (χ0) is 13.4. The van der Waals surface area contributed by atoms with Gasteiger partial charge in [0.15, 0.2) is 0 Å². The molecular weight excluding hydrogens is 236 g/mol. The van der Waals surface area contributed by atoms with E-state index >= 15 is 0 Å². The number of carbonyl (C=O) groups is 2. The van der Waals surface area contributed by atoms with Gasteiger partial charge in [-0.25, -0.2) is 0 Å². The fourth-order valence-electron chi connectivity index (χ4n) is 2.00. The normalized spacial score (nSPS) is 19.7. The third kappa shape index (κ3) is 5.01. The summed E-state index contributed by atoms with van der Waals surface area (Å²) in [5, 5.41) is 11.0. The third-order valence-electron chi connectivity index (χ3n) is 2.91. The summed E-state index contributed by atoms with van der Waals surface area (Å²) in [5.41, 5.74) is 0. The summed E-state index contributed by atoms with van der Waals surface area (Å²) in [6.45, 7) is 4.20. The van der Waals surface area contributed by atoms with Crippen LogP contribution in [0.4, 0.5) is 0 Å². The molecule has 1 atom stereocenters. The monoisotopic (exact) mass is 258 g/mol. The van der Waals surface area contributed by atoms with Gasteiger partial charge in [0.05, 0.1) is 19.8 Å². The molecule has 0 aromatic carbocycles. The lowest BCUT2D eigenvalue weighted by Crippen LogP contribution is -2.47. The van der Waals surface area contributed by atoms with Crippen LogP contribution >= 0.6 is 0 Å². The van der Waals surface area contributed by atoms with Crippen LogP contribution in [0.25, 0.3) is 0 Å². The highest BCUT2D eigenvalue weighted by Crippen LogP contribution is 2.15. The van der Waals surface area contributed by atoms with Crippen molar-refractivity contribution in [3.8, 4) is 0 Å². The van der Waals surface area contributed by atoms with Crippen molar-refractivity contribution in [2.75, 3.05) is 39.5 Å². The molecule has 0 radical (unpaired) electrons. The molecule has 6 nitrogen and oxygen atoms in total. The van der Waals surface area contributed by atoms with Crippen LogP contribution in [0.2, 0.25) is 0 Å². The maximum Gasteiger partial charge on any atom is 0.311 e. The van der Waals surface area contributed by atoms with Crippen molar-refractivity contribution >= 4 is 11.8 Å². The van der Waals surface area contributed by atoms with Crippen LogP contribution in [-0.4, -0.2) is 61.3 Å². The highest BCUT2D eigenvalue weighted by Gasteiger charge is 2.25. The third-order valence-corrected chi connectivity index (χ3v) is 2.91. The van der Waals surface area contributed by atoms with Crippen LogP contribution in [0, 0.1) is 5.92 Å². The predicted octanol–water partition coefficient (Wildman–Crippen LogP) is -0.630. The molecule has 18 heavy (non-hydrogen) atoms. The molecule has 1 rings (SSSR count). The highest BCUT2D eigenvalue weighted by atomic mass is 16.5. The minimum Gasteiger partial charge on any atom is -0.394 e. The number of hydrogen-bond acceptors (Lipinski definition) is 4. The highest BCUT2D eigenvalue weighted by molar-refractivity contribution is 6.35. The van der Waals surface area contributed by atoms with E-state index in [-0.39, 0.29) is 19.8 Å². The van der Waals surface area contributed by atoms with Crippen molar-refractivity contribution in [3.05, 3.63) is 0 Å². The minimum absolute atomic E-state index is 0.0431. The summed E-state index contributed by atoms with van der Waals surface area (Å²) < 4.78 is 4.99. The lowest BCUT2D eigenvalue weighted by atomic mass is 10.0. The van der Waals surface area contributed by atoms with Crippen LogP contribution in [0.5, 0.6) is 0 Å².